The van der Waals surface area contributed by atoms with Crippen LogP contribution in [0.15, 0.2) is 10.2 Å². The second-order valence-corrected chi connectivity index (χ2v) is 7.36. The summed E-state index contributed by atoms with van der Waals surface area (Å²) in [4.78, 5) is 38.0. The zero-order valence-corrected chi connectivity index (χ0v) is 16.5. The van der Waals surface area contributed by atoms with Crippen molar-refractivity contribution >= 4 is 23.2 Å². The third-order valence-electron chi connectivity index (χ3n) is 4.71. The SMILES string of the molecule is CCOCCCNC(=O)C1CCN(C(=O)CCn2c(C)csc2=O)CC1. The average Bonchev–Trinajstić information content (AvgIpc) is 2.97. The predicted molar refractivity (Wildman–Crippen MR) is 101 cm³/mol. The molecule has 1 aromatic heterocycles. The summed E-state index contributed by atoms with van der Waals surface area (Å²) in [6, 6.07) is 0. The van der Waals surface area contributed by atoms with Crippen LogP contribution in [0.25, 0.3) is 0 Å². The lowest BCUT2D eigenvalue weighted by atomic mass is 9.95. The lowest BCUT2D eigenvalue weighted by Crippen LogP contribution is -2.43. The number of piperidine rings is 1. The Morgan fingerprint density at radius 3 is 2.69 bits per heavy atom. The van der Waals surface area contributed by atoms with Gasteiger partial charge in [-0.2, -0.15) is 0 Å². The van der Waals surface area contributed by atoms with Crippen molar-refractivity contribution in [3.8, 4) is 0 Å². The third kappa shape index (κ3) is 5.95. The number of amides is 2. The number of thiazole rings is 1. The number of ether oxygens (including phenoxy) is 1. The van der Waals surface area contributed by atoms with E-state index in [2.05, 4.69) is 5.32 Å². The minimum absolute atomic E-state index is 0.0185. The molecule has 2 amide bonds. The molecule has 0 radical (unpaired) electrons. The van der Waals surface area contributed by atoms with Gasteiger partial charge in [-0.05, 0) is 33.1 Å². The Balaban J connectivity index is 1.68. The van der Waals surface area contributed by atoms with Crippen LogP contribution in [0, 0.1) is 12.8 Å². The topological polar surface area (TPSA) is 80.6 Å². The molecule has 1 aromatic rings. The molecular weight excluding hydrogens is 354 g/mol. The van der Waals surface area contributed by atoms with E-state index in [4.69, 9.17) is 4.74 Å². The van der Waals surface area contributed by atoms with E-state index in [1.807, 2.05) is 24.1 Å². The molecule has 0 aromatic carbocycles. The van der Waals surface area contributed by atoms with E-state index < -0.39 is 0 Å². The molecule has 2 rings (SSSR count). The van der Waals surface area contributed by atoms with Crippen molar-refractivity contribution in [1.29, 1.82) is 0 Å². The summed E-state index contributed by atoms with van der Waals surface area (Å²) < 4.78 is 6.89. The Kier molecular flexibility index (Phi) is 8.31. The first-order valence-corrected chi connectivity index (χ1v) is 10.2. The smallest absolute Gasteiger partial charge is 0.307 e. The van der Waals surface area contributed by atoms with Crippen molar-refractivity contribution in [3.63, 3.8) is 0 Å². The Morgan fingerprint density at radius 2 is 2.08 bits per heavy atom. The number of hydrogen-bond acceptors (Lipinski definition) is 5. The molecule has 1 saturated heterocycles. The van der Waals surface area contributed by atoms with Crippen molar-refractivity contribution in [2.45, 2.75) is 46.1 Å². The van der Waals surface area contributed by atoms with Crippen molar-refractivity contribution in [3.05, 3.63) is 20.7 Å². The van der Waals surface area contributed by atoms with Crippen LogP contribution in [0.5, 0.6) is 0 Å². The highest BCUT2D eigenvalue weighted by Gasteiger charge is 2.27. The Bertz CT molecular complexity index is 647. The second-order valence-electron chi connectivity index (χ2n) is 6.54. The first kappa shape index (κ1) is 20.6. The number of carbonyl (C=O) groups is 2. The van der Waals surface area contributed by atoms with Gasteiger partial charge in [-0.1, -0.05) is 11.3 Å². The minimum atomic E-state index is -0.0205. The van der Waals surface area contributed by atoms with Crippen LogP contribution >= 0.6 is 11.3 Å². The highest BCUT2D eigenvalue weighted by atomic mass is 32.1. The number of nitrogens with one attached hydrogen (secondary N) is 1. The van der Waals surface area contributed by atoms with Crippen LogP contribution in [0.4, 0.5) is 0 Å². The summed E-state index contributed by atoms with van der Waals surface area (Å²) in [6.07, 6.45) is 2.53. The molecule has 1 N–H and O–H groups in total. The molecule has 0 saturated carbocycles. The van der Waals surface area contributed by atoms with Gasteiger partial charge >= 0.3 is 4.87 Å². The number of likely N-dealkylation sites (tertiary alicyclic amines) is 1. The maximum Gasteiger partial charge on any atom is 0.307 e. The normalized spacial score (nSPS) is 15.2. The van der Waals surface area contributed by atoms with E-state index in [0.717, 1.165) is 23.5 Å². The molecule has 0 unspecified atom stereocenters. The lowest BCUT2D eigenvalue weighted by Gasteiger charge is -2.31. The van der Waals surface area contributed by atoms with E-state index in [-0.39, 0.29) is 22.6 Å². The van der Waals surface area contributed by atoms with Gasteiger partial charge in [-0.25, -0.2) is 0 Å². The summed E-state index contributed by atoms with van der Waals surface area (Å²) in [6.45, 7) is 7.45. The summed E-state index contributed by atoms with van der Waals surface area (Å²) in [5.41, 5.74) is 0.896. The molecule has 1 aliphatic rings. The first-order valence-electron chi connectivity index (χ1n) is 9.31. The van der Waals surface area contributed by atoms with Gasteiger partial charge in [-0.15, -0.1) is 0 Å². The fourth-order valence-corrected chi connectivity index (χ4v) is 3.87. The van der Waals surface area contributed by atoms with Crippen molar-refractivity contribution in [2.75, 3.05) is 32.8 Å². The van der Waals surface area contributed by atoms with E-state index >= 15 is 0 Å². The first-order chi connectivity index (χ1) is 12.5. The monoisotopic (exact) mass is 383 g/mol. The summed E-state index contributed by atoms with van der Waals surface area (Å²) in [5, 5.41) is 4.76. The average molecular weight is 384 g/mol. The fourth-order valence-electron chi connectivity index (χ4n) is 3.11. The van der Waals surface area contributed by atoms with Crippen molar-refractivity contribution in [1.82, 2.24) is 14.8 Å². The highest BCUT2D eigenvalue weighted by Crippen LogP contribution is 2.18. The van der Waals surface area contributed by atoms with Crippen LogP contribution in [-0.2, 0) is 20.9 Å². The number of rotatable bonds is 9. The molecule has 8 heteroatoms. The second kappa shape index (κ2) is 10.5. The van der Waals surface area contributed by atoms with E-state index in [0.29, 0.717) is 58.7 Å². The standard InChI is InChI=1S/C18H29N3O4S/c1-3-25-12-4-8-19-17(23)15-5-9-20(10-6-15)16(22)7-11-21-14(2)13-26-18(21)24/h13,15H,3-12H2,1-2H3,(H,19,23). The molecule has 1 fully saturated rings. The van der Waals surface area contributed by atoms with Crippen LogP contribution in [0.1, 0.15) is 38.3 Å². The minimum Gasteiger partial charge on any atom is -0.382 e. The summed E-state index contributed by atoms with van der Waals surface area (Å²) in [5.74, 6) is 0.111. The molecule has 0 atom stereocenters. The molecule has 1 aliphatic heterocycles. The number of nitrogens with zero attached hydrogens (tertiary/aromatic N) is 2. The maximum atomic E-state index is 12.4. The molecule has 146 valence electrons. The fraction of sp³-hybridized carbons (Fsp3) is 0.722. The number of aromatic nitrogens is 1. The van der Waals surface area contributed by atoms with E-state index in [9.17, 15) is 14.4 Å². The van der Waals surface area contributed by atoms with Gasteiger partial charge in [-0.3, -0.25) is 14.4 Å². The summed E-state index contributed by atoms with van der Waals surface area (Å²) in [7, 11) is 0. The van der Waals surface area contributed by atoms with Gasteiger partial charge in [0.2, 0.25) is 11.8 Å². The van der Waals surface area contributed by atoms with Gasteiger partial charge in [0.1, 0.15) is 0 Å². The summed E-state index contributed by atoms with van der Waals surface area (Å²) >= 11 is 1.16. The zero-order valence-electron chi connectivity index (χ0n) is 15.7. The molecule has 2 heterocycles. The van der Waals surface area contributed by atoms with Crippen LogP contribution in [0.3, 0.4) is 0 Å². The molecule has 0 bridgehead atoms. The van der Waals surface area contributed by atoms with Gasteiger partial charge in [0, 0.05) is 62.8 Å². The van der Waals surface area contributed by atoms with Crippen LogP contribution in [-0.4, -0.2) is 54.1 Å². The van der Waals surface area contributed by atoms with Gasteiger partial charge < -0.3 is 19.5 Å². The number of aryl methyl sites for hydroxylation is 1. The Labute approximate surface area is 158 Å². The van der Waals surface area contributed by atoms with Crippen molar-refractivity contribution in [2.24, 2.45) is 5.92 Å². The van der Waals surface area contributed by atoms with Gasteiger partial charge in [0.05, 0.1) is 0 Å². The maximum absolute atomic E-state index is 12.4. The van der Waals surface area contributed by atoms with Gasteiger partial charge in [0.25, 0.3) is 0 Å². The van der Waals surface area contributed by atoms with Crippen molar-refractivity contribution < 1.29 is 14.3 Å². The third-order valence-corrected chi connectivity index (χ3v) is 5.59. The molecule has 7 nitrogen and oxygen atoms in total. The number of carbonyl (C=O) groups excluding carboxylic acids is 2. The molecule has 0 aliphatic carbocycles. The van der Waals surface area contributed by atoms with Gasteiger partial charge in [0.15, 0.2) is 0 Å². The quantitative estimate of drug-likeness (QED) is 0.654. The molecule has 0 spiro atoms. The number of hydrogen-bond donors (Lipinski definition) is 1. The predicted octanol–water partition coefficient (Wildman–Crippen LogP) is 1.39. The van der Waals surface area contributed by atoms with Crippen LogP contribution < -0.4 is 10.2 Å². The highest BCUT2D eigenvalue weighted by molar-refractivity contribution is 7.07. The van der Waals surface area contributed by atoms with Crippen LogP contribution in [0.2, 0.25) is 0 Å². The Hall–Kier alpha value is -1.67. The van der Waals surface area contributed by atoms with E-state index in [1.165, 1.54) is 0 Å². The van der Waals surface area contributed by atoms with E-state index in [1.54, 1.807) is 4.57 Å². The molecular formula is C18H29N3O4S. The lowest BCUT2D eigenvalue weighted by molar-refractivity contribution is -0.135. The largest absolute Gasteiger partial charge is 0.382 e. The zero-order chi connectivity index (χ0) is 18.9. The Morgan fingerprint density at radius 1 is 1.35 bits per heavy atom. The molecule has 26 heavy (non-hydrogen) atoms.